The SMILES string of the molecule is CC(C)(C)OC(=O)CCC#Cc1ccc(C2C(C)(C)OC(C[C@@H](CCO[Si](C)(C)C(C)(C)C)c3ccccc3F)=NS2(=O)=O)cc1. The van der Waals surface area contributed by atoms with Gasteiger partial charge in [-0.1, -0.05) is 62.9 Å². The number of carbonyl (C=O) groups excluding carboxylic acids is 1. The minimum absolute atomic E-state index is 0.0245. The van der Waals surface area contributed by atoms with Crippen LogP contribution in [0.25, 0.3) is 0 Å². The molecule has 7 nitrogen and oxygen atoms in total. The first-order chi connectivity index (χ1) is 21.1. The molecule has 2 atom stereocenters. The zero-order valence-electron chi connectivity index (χ0n) is 29.0. The van der Waals surface area contributed by atoms with Gasteiger partial charge < -0.3 is 13.9 Å². The molecule has 0 bridgehead atoms. The number of nitrogens with zero attached hydrogens (tertiary/aromatic N) is 1. The van der Waals surface area contributed by atoms with Crippen molar-refractivity contribution in [2.75, 3.05) is 6.61 Å². The van der Waals surface area contributed by atoms with Crippen LogP contribution in [0, 0.1) is 17.7 Å². The summed E-state index contributed by atoms with van der Waals surface area (Å²) >= 11 is 0. The summed E-state index contributed by atoms with van der Waals surface area (Å²) in [5, 5.41) is -1.02. The zero-order chi connectivity index (χ0) is 34.6. The highest BCUT2D eigenvalue weighted by Crippen LogP contribution is 2.42. The summed E-state index contributed by atoms with van der Waals surface area (Å²) in [4.78, 5) is 11.9. The number of rotatable bonds is 10. The van der Waals surface area contributed by atoms with Gasteiger partial charge in [0, 0.05) is 25.0 Å². The van der Waals surface area contributed by atoms with Crippen LogP contribution in [-0.2, 0) is 28.7 Å². The minimum atomic E-state index is -4.04. The van der Waals surface area contributed by atoms with Gasteiger partial charge in [-0.05, 0) is 94.4 Å². The molecule has 0 aliphatic carbocycles. The number of hydrogen-bond acceptors (Lipinski definition) is 6. The van der Waals surface area contributed by atoms with E-state index >= 15 is 0 Å². The van der Waals surface area contributed by atoms with Crippen molar-refractivity contribution in [1.82, 2.24) is 0 Å². The molecule has 0 radical (unpaired) electrons. The molecule has 1 heterocycles. The van der Waals surface area contributed by atoms with E-state index in [1.165, 1.54) is 6.07 Å². The lowest BCUT2D eigenvalue weighted by molar-refractivity contribution is -0.154. The first-order valence-electron chi connectivity index (χ1n) is 15.8. The van der Waals surface area contributed by atoms with Crippen LogP contribution in [0.1, 0.15) is 109 Å². The van der Waals surface area contributed by atoms with Gasteiger partial charge in [-0.3, -0.25) is 4.79 Å². The predicted octanol–water partition coefficient (Wildman–Crippen LogP) is 8.46. The maximum Gasteiger partial charge on any atom is 0.307 e. The Hall–Kier alpha value is -3.00. The predicted molar refractivity (Wildman–Crippen MR) is 184 cm³/mol. The van der Waals surface area contributed by atoms with Crippen LogP contribution in [0.15, 0.2) is 52.9 Å². The third-order valence-corrected chi connectivity index (χ3v) is 14.8. The van der Waals surface area contributed by atoms with E-state index in [0.717, 1.165) is 0 Å². The number of benzene rings is 2. The Morgan fingerprint density at radius 1 is 1.07 bits per heavy atom. The molecule has 0 N–H and O–H groups in total. The van der Waals surface area contributed by atoms with E-state index in [0.29, 0.717) is 36.1 Å². The minimum Gasteiger partial charge on any atom is -0.472 e. The maximum absolute atomic E-state index is 15.0. The van der Waals surface area contributed by atoms with E-state index in [9.17, 15) is 17.6 Å². The molecule has 46 heavy (non-hydrogen) atoms. The van der Waals surface area contributed by atoms with Crippen molar-refractivity contribution in [1.29, 1.82) is 0 Å². The lowest BCUT2D eigenvalue weighted by atomic mass is 9.91. The third kappa shape index (κ3) is 10.2. The number of esters is 1. The number of hydrogen-bond donors (Lipinski definition) is 0. The molecule has 0 spiro atoms. The van der Waals surface area contributed by atoms with Gasteiger partial charge in [0.25, 0.3) is 10.0 Å². The van der Waals surface area contributed by atoms with Gasteiger partial charge in [-0.2, -0.15) is 0 Å². The van der Waals surface area contributed by atoms with Crippen molar-refractivity contribution < 1.29 is 31.5 Å². The molecule has 3 rings (SSSR count). The third-order valence-electron chi connectivity index (χ3n) is 8.36. The summed E-state index contributed by atoms with van der Waals surface area (Å²) in [7, 11) is -6.07. The fourth-order valence-corrected chi connectivity index (χ4v) is 7.93. The molecule has 0 amide bonds. The molecule has 10 heteroatoms. The van der Waals surface area contributed by atoms with Crippen LogP contribution in [0.5, 0.6) is 0 Å². The van der Waals surface area contributed by atoms with Gasteiger partial charge in [-0.25, -0.2) is 12.8 Å². The van der Waals surface area contributed by atoms with Crippen LogP contribution in [0.2, 0.25) is 18.1 Å². The van der Waals surface area contributed by atoms with Gasteiger partial charge in [0.1, 0.15) is 22.3 Å². The molecule has 0 saturated heterocycles. The van der Waals surface area contributed by atoms with E-state index in [-0.39, 0.29) is 41.5 Å². The van der Waals surface area contributed by atoms with E-state index < -0.39 is 34.8 Å². The summed E-state index contributed by atoms with van der Waals surface area (Å²) in [5.74, 6) is 5.00. The maximum atomic E-state index is 15.0. The lowest BCUT2D eigenvalue weighted by Crippen LogP contribution is -2.43. The first-order valence-corrected chi connectivity index (χ1v) is 20.2. The van der Waals surface area contributed by atoms with E-state index in [1.807, 2.05) is 20.8 Å². The van der Waals surface area contributed by atoms with Crippen LogP contribution in [-0.4, -0.2) is 46.4 Å². The summed E-state index contributed by atoms with van der Waals surface area (Å²) < 4.78 is 64.4. The smallest absolute Gasteiger partial charge is 0.307 e. The highest BCUT2D eigenvalue weighted by molar-refractivity contribution is 7.90. The molecular weight excluding hydrogens is 622 g/mol. The Morgan fingerprint density at radius 2 is 1.70 bits per heavy atom. The monoisotopic (exact) mass is 671 g/mol. The van der Waals surface area contributed by atoms with Crippen LogP contribution in [0.4, 0.5) is 4.39 Å². The Bertz CT molecular complexity index is 1570. The molecule has 0 aromatic heterocycles. The number of ether oxygens (including phenoxy) is 2. The van der Waals surface area contributed by atoms with E-state index in [2.05, 4.69) is 50.1 Å². The van der Waals surface area contributed by atoms with Gasteiger partial charge in [-0.15, -0.1) is 4.40 Å². The molecule has 1 unspecified atom stereocenters. The summed E-state index contributed by atoms with van der Waals surface area (Å²) in [6, 6.07) is 13.5. The van der Waals surface area contributed by atoms with E-state index in [1.54, 1.807) is 56.3 Å². The fraction of sp³-hybridized carbons (Fsp3) is 0.556. The topological polar surface area (TPSA) is 91.3 Å². The summed E-state index contributed by atoms with van der Waals surface area (Å²) in [6.45, 7) is 20.2. The Labute approximate surface area is 276 Å². The fourth-order valence-electron chi connectivity index (χ4n) is 5.10. The normalized spacial score (nSPS) is 18.4. The second-order valence-corrected chi connectivity index (χ2v) is 21.4. The van der Waals surface area contributed by atoms with Gasteiger partial charge in [0.15, 0.2) is 8.32 Å². The number of halogens is 1. The van der Waals surface area contributed by atoms with Crippen molar-refractivity contribution in [3.8, 4) is 11.8 Å². The highest BCUT2D eigenvalue weighted by Gasteiger charge is 2.47. The van der Waals surface area contributed by atoms with Crippen molar-refractivity contribution in [2.24, 2.45) is 4.40 Å². The first kappa shape index (κ1) is 37.5. The van der Waals surface area contributed by atoms with Crippen molar-refractivity contribution in [3.63, 3.8) is 0 Å². The molecule has 252 valence electrons. The second-order valence-electron chi connectivity index (χ2n) is 14.9. The summed E-state index contributed by atoms with van der Waals surface area (Å²) in [5.41, 5.74) is 0.0157. The lowest BCUT2D eigenvalue weighted by Gasteiger charge is -2.38. The van der Waals surface area contributed by atoms with Crippen LogP contribution < -0.4 is 0 Å². The largest absolute Gasteiger partial charge is 0.472 e. The average molecular weight is 672 g/mol. The van der Waals surface area contributed by atoms with Crippen LogP contribution >= 0.6 is 0 Å². The molecular formula is C36H50FNO6SSi. The second kappa shape index (κ2) is 14.4. The van der Waals surface area contributed by atoms with Crippen molar-refractivity contribution >= 4 is 30.2 Å². The van der Waals surface area contributed by atoms with Crippen molar-refractivity contribution in [2.45, 2.75) is 122 Å². The molecule has 1 aliphatic heterocycles. The molecule has 2 aromatic carbocycles. The Balaban J connectivity index is 1.78. The zero-order valence-corrected chi connectivity index (χ0v) is 30.8. The highest BCUT2D eigenvalue weighted by atomic mass is 32.2. The van der Waals surface area contributed by atoms with Gasteiger partial charge >= 0.3 is 5.97 Å². The Kier molecular flexibility index (Phi) is 11.7. The molecule has 0 fully saturated rings. The van der Waals surface area contributed by atoms with Gasteiger partial charge in [0.2, 0.25) is 5.90 Å². The Morgan fingerprint density at radius 3 is 2.26 bits per heavy atom. The summed E-state index contributed by atoms with van der Waals surface area (Å²) in [6.07, 6.45) is 1.15. The van der Waals surface area contributed by atoms with Crippen LogP contribution in [0.3, 0.4) is 0 Å². The van der Waals surface area contributed by atoms with Gasteiger partial charge in [0.05, 0.1) is 6.42 Å². The molecule has 0 saturated carbocycles. The van der Waals surface area contributed by atoms with Crippen molar-refractivity contribution in [3.05, 3.63) is 71.0 Å². The quantitative estimate of drug-likeness (QED) is 0.143. The standard InChI is InChI=1S/C36H50FNO6SSi/c1-34(2,3)44-32(39)18-14-11-15-26-19-21-27(22-20-26)33-36(7,8)43-31(38-45(33,40)41)25-28(29-16-12-13-17-30(29)37)23-24-42-46(9,10)35(4,5)6/h12-13,16-17,19-22,28,33H,14,18,23-25H2,1-10H3/t28-,33?/m1/s1. The molecule has 2 aromatic rings. The average Bonchev–Trinajstić information content (AvgIpc) is 2.88. The van der Waals surface area contributed by atoms with E-state index in [4.69, 9.17) is 13.9 Å². The number of sulfonamides is 1. The molecule has 1 aliphatic rings. The number of carbonyl (C=O) groups is 1.